The number of nitrogens with one attached hydrogen (secondary N) is 2. The molecule has 0 spiro atoms. The second-order valence-corrected chi connectivity index (χ2v) is 5.32. The number of rotatable bonds is 5. The third kappa shape index (κ3) is 2.99. The van der Waals surface area contributed by atoms with Crippen molar-refractivity contribution in [3.05, 3.63) is 48.2 Å². The molecule has 108 valence electrons. The van der Waals surface area contributed by atoms with Crippen molar-refractivity contribution in [2.45, 2.75) is 26.2 Å². The second kappa shape index (κ2) is 5.87. The summed E-state index contributed by atoms with van der Waals surface area (Å²) < 4.78 is 0. The molecule has 0 amide bonds. The van der Waals surface area contributed by atoms with Crippen molar-refractivity contribution in [2.24, 2.45) is 0 Å². The first-order valence-electron chi connectivity index (χ1n) is 7.35. The maximum atomic E-state index is 6.09. The number of unbranched alkanes of at least 4 members (excludes halogenated alkanes) is 1. The van der Waals surface area contributed by atoms with Gasteiger partial charge >= 0.3 is 0 Å². The van der Waals surface area contributed by atoms with E-state index in [0.717, 1.165) is 34.4 Å². The summed E-state index contributed by atoms with van der Waals surface area (Å²) in [5.74, 6) is 0. The molecule has 0 fully saturated rings. The Bertz CT molecular complexity index is 728. The zero-order valence-electron chi connectivity index (χ0n) is 12.2. The largest absolute Gasteiger partial charge is 0.397 e. The van der Waals surface area contributed by atoms with E-state index < -0.39 is 0 Å². The Kier molecular flexibility index (Phi) is 3.77. The fraction of sp³-hybridized carbons (Fsp3) is 0.235. The standard InChI is InChI=1S/C17H20N4/c1-2-3-4-12-5-7-14(8-6-12)20-17-10-16-13(9-15(17)18)11-19-21-16/h5-11,20H,2-4,18H2,1H3,(H,19,21). The first-order valence-corrected chi connectivity index (χ1v) is 7.35. The number of H-pyrrole nitrogens is 1. The highest BCUT2D eigenvalue weighted by Gasteiger charge is 2.04. The summed E-state index contributed by atoms with van der Waals surface area (Å²) in [6.07, 6.45) is 5.37. The maximum Gasteiger partial charge on any atom is 0.0672 e. The molecule has 4 nitrogen and oxygen atoms in total. The van der Waals surface area contributed by atoms with Crippen LogP contribution in [0.15, 0.2) is 42.6 Å². The normalized spacial score (nSPS) is 10.9. The molecule has 0 radical (unpaired) electrons. The molecule has 21 heavy (non-hydrogen) atoms. The Balaban J connectivity index is 1.79. The van der Waals surface area contributed by atoms with Crippen LogP contribution in [0.5, 0.6) is 0 Å². The van der Waals surface area contributed by atoms with E-state index in [0.29, 0.717) is 0 Å². The van der Waals surface area contributed by atoms with Crippen LogP contribution < -0.4 is 11.1 Å². The van der Waals surface area contributed by atoms with Crippen LogP contribution in [0.1, 0.15) is 25.3 Å². The van der Waals surface area contributed by atoms with E-state index in [1.165, 1.54) is 18.4 Å². The molecular formula is C17H20N4. The molecular weight excluding hydrogens is 260 g/mol. The third-order valence-corrected chi connectivity index (χ3v) is 3.66. The minimum absolute atomic E-state index is 0.721. The molecule has 4 heteroatoms. The lowest BCUT2D eigenvalue weighted by molar-refractivity contribution is 0.795. The number of benzene rings is 2. The molecule has 0 aliphatic rings. The van der Waals surface area contributed by atoms with Crippen LogP contribution in [-0.2, 0) is 6.42 Å². The van der Waals surface area contributed by atoms with E-state index in [4.69, 9.17) is 5.73 Å². The van der Waals surface area contributed by atoms with Crippen LogP contribution >= 0.6 is 0 Å². The van der Waals surface area contributed by atoms with E-state index in [-0.39, 0.29) is 0 Å². The smallest absolute Gasteiger partial charge is 0.0672 e. The highest BCUT2D eigenvalue weighted by atomic mass is 15.1. The van der Waals surface area contributed by atoms with E-state index >= 15 is 0 Å². The quantitative estimate of drug-likeness (QED) is 0.613. The zero-order valence-corrected chi connectivity index (χ0v) is 12.2. The molecule has 0 atom stereocenters. The van der Waals surface area contributed by atoms with E-state index in [9.17, 15) is 0 Å². The van der Waals surface area contributed by atoms with Crippen LogP contribution in [0.4, 0.5) is 17.1 Å². The highest BCUT2D eigenvalue weighted by Crippen LogP contribution is 2.27. The fourth-order valence-corrected chi connectivity index (χ4v) is 2.41. The Morgan fingerprint density at radius 1 is 1.19 bits per heavy atom. The van der Waals surface area contributed by atoms with Gasteiger partial charge in [0.25, 0.3) is 0 Å². The average Bonchev–Trinajstić information content (AvgIpc) is 2.94. The first-order chi connectivity index (χ1) is 10.3. The summed E-state index contributed by atoms with van der Waals surface area (Å²) in [5, 5.41) is 11.4. The number of fused-ring (bicyclic) bond motifs is 1. The van der Waals surface area contributed by atoms with Gasteiger partial charge in [0.2, 0.25) is 0 Å². The second-order valence-electron chi connectivity index (χ2n) is 5.32. The van der Waals surface area contributed by atoms with Crippen molar-refractivity contribution < 1.29 is 0 Å². The predicted octanol–water partition coefficient (Wildman–Crippen LogP) is 4.23. The van der Waals surface area contributed by atoms with Gasteiger partial charge in [0.15, 0.2) is 0 Å². The summed E-state index contributed by atoms with van der Waals surface area (Å²) in [7, 11) is 0. The van der Waals surface area contributed by atoms with Crippen molar-refractivity contribution in [3.63, 3.8) is 0 Å². The minimum Gasteiger partial charge on any atom is -0.397 e. The van der Waals surface area contributed by atoms with Gasteiger partial charge in [0.1, 0.15) is 0 Å². The average molecular weight is 280 g/mol. The summed E-state index contributed by atoms with van der Waals surface area (Å²) in [4.78, 5) is 0. The molecule has 0 aliphatic carbocycles. The molecule has 1 aromatic heterocycles. The summed E-state index contributed by atoms with van der Waals surface area (Å²) in [5.41, 5.74) is 11.1. The van der Waals surface area contributed by atoms with E-state index in [1.54, 1.807) is 6.20 Å². The van der Waals surface area contributed by atoms with Crippen molar-refractivity contribution in [3.8, 4) is 0 Å². The number of anilines is 3. The van der Waals surface area contributed by atoms with Gasteiger partial charge in [-0.2, -0.15) is 5.10 Å². The fourth-order valence-electron chi connectivity index (χ4n) is 2.41. The molecule has 4 N–H and O–H groups in total. The zero-order chi connectivity index (χ0) is 14.7. The topological polar surface area (TPSA) is 66.7 Å². The highest BCUT2D eigenvalue weighted by molar-refractivity contribution is 5.89. The number of hydrogen-bond acceptors (Lipinski definition) is 3. The van der Waals surface area contributed by atoms with E-state index in [1.807, 2.05) is 12.1 Å². The Morgan fingerprint density at radius 3 is 2.76 bits per heavy atom. The van der Waals surface area contributed by atoms with Crippen molar-refractivity contribution in [1.29, 1.82) is 0 Å². The monoisotopic (exact) mass is 280 g/mol. The summed E-state index contributed by atoms with van der Waals surface area (Å²) in [6, 6.07) is 12.5. The lowest BCUT2D eigenvalue weighted by Gasteiger charge is -2.10. The molecule has 0 saturated heterocycles. The molecule has 3 aromatic rings. The Morgan fingerprint density at radius 2 is 2.00 bits per heavy atom. The molecule has 0 unspecified atom stereocenters. The maximum absolute atomic E-state index is 6.09. The number of aromatic amines is 1. The summed E-state index contributed by atoms with van der Waals surface area (Å²) >= 11 is 0. The van der Waals surface area contributed by atoms with Gasteiger partial charge in [0, 0.05) is 11.1 Å². The lowest BCUT2D eigenvalue weighted by Crippen LogP contribution is -1.96. The van der Waals surface area contributed by atoms with Gasteiger partial charge in [-0.15, -0.1) is 0 Å². The van der Waals surface area contributed by atoms with Crippen LogP contribution in [-0.4, -0.2) is 10.2 Å². The number of nitrogens with two attached hydrogens (primary N) is 1. The number of hydrogen-bond donors (Lipinski definition) is 3. The van der Waals surface area contributed by atoms with Gasteiger partial charge < -0.3 is 11.1 Å². The Labute approximate surface area is 124 Å². The van der Waals surface area contributed by atoms with Gasteiger partial charge in [-0.1, -0.05) is 25.5 Å². The third-order valence-electron chi connectivity index (χ3n) is 3.66. The van der Waals surface area contributed by atoms with Crippen molar-refractivity contribution in [2.75, 3.05) is 11.1 Å². The van der Waals surface area contributed by atoms with Crippen LogP contribution in [0.3, 0.4) is 0 Å². The molecule has 1 heterocycles. The first kappa shape index (κ1) is 13.5. The van der Waals surface area contributed by atoms with Gasteiger partial charge in [-0.25, -0.2) is 0 Å². The summed E-state index contributed by atoms with van der Waals surface area (Å²) in [6.45, 7) is 2.21. The number of nitrogen functional groups attached to an aromatic ring is 1. The van der Waals surface area contributed by atoms with E-state index in [2.05, 4.69) is 46.7 Å². The van der Waals surface area contributed by atoms with Crippen LogP contribution in [0, 0.1) is 0 Å². The van der Waals surface area contributed by atoms with Crippen LogP contribution in [0.25, 0.3) is 10.9 Å². The minimum atomic E-state index is 0.721. The van der Waals surface area contributed by atoms with Gasteiger partial charge in [-0.05, 0) is 42.7 Å². The van der Waals surface area contributed by atoms with Crippen molar-refractivity contribution in [1.82, 2.24) is 10.2 Å². The molecule has 3 rings (SSSR count). The number of nitrogens with zero attached hydrogens (tertiary/aromatic N) is 1. The molecule has 0 bridgehead atoms. The molecule has 2 aromatic carbocycles. The van der Waals surface area contributed by atoms with Gasteiger partial charge in [0.05, 0.1) is 23.1 Å². The lowest BCUT2D eigenvalue weighted by atomic mass is 10.1. The number of aromatic nitrogens is 2. The number of aryl methyl sites for hydroxylation is 1. The SMILES string of the molecule is CCCCc1ccc(Nc2cc3[nH]ncc3cc2N)cc1. The van der Waals surface area contributed by atoms with Gasteiger partial charge in [-0.3, -0.25) is 5.10 Å². The predicted molar refractivity (Wildman–Crippen MR) is 88.8 cm³/mol. The molecule has 0 aliphatic heterocycles. The molecule has 0 saturated carbocycles. The Hall–Kier alpha value is -2.49. The van der Waals surface area contributed by atoms with Crippen LogP contribution in [0.2, 0.25) is 0 Å². The van der Waals surface area contributed by atoms with Crippen molar-refractivity contribution >= 4 is 28.0 Å².